The van der Waals surface area contributed by atoms with Crippen LogP contribution in [0.4, 0.5) is 0 Å². The van der Waals surface area contributed by atoms with Gasteiger partial charge in [0.25, 0.3) is 0 Å². The molecule has 4 heterocycles. The Morgan fingerprint density at radius 2 is 2.25 bits per heavy atom. The number of nitrogens with zero attached hydrogens (tertiary/aromatic N) is 5. The van der Waals surface area contributed by atoms with Crippen LogP contribution in [0.5, 0.6) is 5.75 Å². The molecule has 0 fully saturated rings. The number of aryl methyl sites for hydroxylation is 2. The first-order valence-corrected chi connectivity index (χ1v) is 13.0. The molecule has 0 bridgehead atoms. The van der Waals surface area contributed by atoms with E-state index in [1.165, 1.54) is 6.08 Å². The second-order valence-electron chi connectivity index (χ2n) is 8.35. The Labute approximate surface area is 212 Å². The molecule has 3 aromatic heterocycles. The maximum atomic E-state index is 12.8. The number of carbonyl (C=O) groups is 1. The summed E-state index contributed by atoms with van der Waals surface area (Å²) >= 11 is 1.75. The number of nitrogens with one attached hydrogen (secondary N) is 1. The number of tetrazole rings is 1. The Bertz CT molecular complexity index is 1350. The van der Waals surface area contributed by atoms with Crippen molar-refractivity contribution in [3.8, 4) is 17.1 Å². The van der Waals surface area contributed by atoms with Crippen LogP contribution >= 0.6 is 11.8 Å². The molecule has 36 heavy (non-hydrogen) atoms. The van der Waals surface area contributed by atoms with Crippen LogP contribution in [0.3, 0.4) is 0 Å². The smallest absolute Gasteiger partial charge is 0.246 e. The lowest BCUT2D eigenvalue weighted by molar-refractivity contribution is -0.126. The highest BCUT2D eigenvalue weighted by Gasteiger charge is 2.23. The quantitative estimate of drug-likeness (QED) is 0.337. The van der Waals surface area contributed by atoms with Gasteiger partial charge in [0.05, 0.1) is 11.8 Å². The third kappa shape index (κ3) is 5.35. The Kier molecular flexibility index (Phi) is 7.17. The molecule has 0 saturated heterocycles. The van der Waals surface area contributed by atoms with Crippen molar-refractivity contribution >= 4 is 23.7 Å². The Hall–Kier alpha value is -3.86. The number of oxazole rings is 1. The minimum Gasteiger partial charge on any atom is -0.486 e. The molecule has 0 aliphatic carbocycles. The lowest BCUT2D eigenvalue weighted by Gasteiger charge is -2.29. The number of amides is 1. The number of hydrogen-bond acceptors (Lipinski definition) is 9. The third-order valence-corrected chi connectivity index (χ3v) is 6.58. The van der Waals surface area contributed by atoms with E-state index >= 15 is 0 Å². The highest BCUT2D eigenvalue weighted by Crippen LogP contribution is 2.34. The number of hydrogen-bond donors (Lipinski definition) is 1. The van der Waals surface area contributed by atoms with Gasteiger partial charge in [-0.15, -0.1) is 10.2 Å². The van der Waals surface area contributed by atoms with Gasteiger partial charge in [-0.2, -0.15) is 17.0 Å². The summed E-state index contributed by atoms with van der Waals surface area (Å²) in [5, 5.41) is 14.5. The molecule has 11 heteroatoms. The van der Waals surface area contributed by atoms with E-state index in [2.05, 4.69) is 31.9 Å². The monoisotopic (exact) mass is 506 g/mol. The molecule has 1 amide bonds. The number of benzene rings is 1. The summed E-state index contributed by atoms with van der Waals surface area (Å²) in [6, 6.07) is 7.58. The van der Waals surface area contributed by atoms with Crippen LogP contribution in [0, 0.1) is 6.92 Å². The molecule has 1 aliphatic heterocycles. The van der Waals surface area contributed by atoms with Gasteiger partial charge < -0.3 is 18.5 Å². The van der Waals surface area contributed by atoms with E-state index in [9.17, 15) is 4.79 Å². The number of aromatic nitrogens is 5. The minimum absolute atomic E-state index is 0.0715. The van der Waals surface area contributed by atoms with E-state index in [4.69, 9.17) is 13.6 Å². The fourth-order valence-electron chi connectivity index (χ4n) is 4.05. The molecule has 0 radical (unpaired) electrons. The predicted molar refractivity (Wildman–Crippen MR) is 134 cm³/mol. The van der Waals surface area contributed by atoms with Gasteiger partial charge in [-0.25, -0.2) is 4.98 Å². The van der Waals surface area contributed by atoms with Crippen LogP contribution in [-0.4, -0.2) is 55.0 Å². The van der Waals surface area contributed by atoms with Crippen LogP contribution < -0.4 is 4.74 Å². The Balaban J connectivity index is 1.36. The van der Waals surface area contributed by atoms with E-state index in [1.54, 1.807) is 41.1 Å². The van der Waals surface area contributed by atoms with Gasteiger partial charge in [0, 0.05) is 31.3 Å². The summed E-state index contributed by atoms with van der Waals surface area (Å²) in [5.74, 6) is 4.01. The Morgan fingerprint density at radius 3 is 3.03 bits per heavy atom. The van der Waals surface area contributed by atoms with Gasteiger partial charge in [-0.3, -0.25) is 4.79 Å². The SMILES string of the molecule is CSCCc1nc(COc2cc3c(cc2-c2nn[nH]n2)CCN(C(=O)/C=C/c2ccco2)C3)c(C)o1. The van der Waals surface area contributed by atoms with Crippen molar-refractivity contribution in [3.63, 3.8) is 0 Å². The van der Waals surface area contributed by atoms with Crippen molar-refractivity contribution in [1.29, 1.82) is 0 Å². The van der Waals surface area contributed by atoms with E-state index in [-0.39, 0.29) is 12.5 Å². The predicted octanol–water partition coefficient (Wildman–Crippen LogP) is 3.84. The fourth-order valence-corrected chi connectivity index (χ4v) is 4.43. The molecule has 4 aromatic rings. The molecule has 1 aliphatic rings. The van der Waals surface area contributed by atoms with Crippen molar-refractivity contribution < 1.29 is 18.4 Å². The van der Waals surface area contributed by atoms with Crippen LogP contribution in [0.2, 0.25) is 0 Å². The summed E-state index contributed by atoms with van der Waals surface area (Å²) < 4.78 is 17.3. The molecule has 186 valence electrons. The summed E-state index contributed by atoms with van der Waals surface area (Å²) in [5.41, 5.74) is 3.63. The van der Waals surface area contributed by atoms with Gasteiger partial charge in [0.1, 0.15) is 29.6 Å². The van der Waals surface area contributed by atoms with Crippen molar-refractivity contribution in [2.75, 3.05) is 18.6 Å². The van der Waals surface area contributed by atoms with Crippen molar-refractivity contribution in [3.05, 3.63) is 70.8 Å². The average molecular weight is 507 g/mol. The van der Waals surface area contributed by atoms with Gasteiger partial charge in [-0.05, 0) is 66.3 Å². The summed E-state index contributed by atoms with van der Waals surface area (Å²) in [4.78, 5) is 19.2. The second-order valence-corrected chi connectivity index (χ2v) is 9.34. The molecule has 0 atom stereocenters. The highest BCUT2D eigenvalue weighted by molar-refractivity contribution is 7.98. The number of ether oxygens (including phenoxy) is 1. The Morgan fingerprint density at radius 1 is 1.33 bits per heavy atom. The third-order valence-electron chi connectivity index (χ3n) is 5.97. The van der Waals surface area contributed by atoms with Gasteiger partial charge in [0.15, 0.2) is 5.89 Å². The molecule has 0 saturated carbocycles. The van der Waals surface area contributed by atoms with Crippen LogP contribution in [0.1, 0.15) is 34.2 Å². The molecule has 5 rings (SSSR count). The number of furan rings is 1. The number of thioether (sulfide) groups is 1. The first kappa shape index (κ1) is 23.9. The van der Waals surface area contributed by atoms with Gasteiger partial charge >= 0.3 is 0 Å². The number of fused-ring (bicyclic) bond motifs is 1. The van der Waals surface area contributed by atoms with Gasteiger partial charge in [-0.1, -0.05) is 0 Å². The normalized spacial score (nSPS) is 13.3. The zero-order valence-corrected chi connectivity index (χ0v) is 20.9. The maximum absolute atomic E-state index is 12.8. The fraction of sp³-hybridized carbons (Fsp3) is 0.320. The average Bonchev–Trinajstić information content (AvgIpc) is 3.67. The molecule has 10 nitrogen and oxygen atoms in total. The maximum Gasteiger partial charge on any atom is 0.246 e. The standard InChI is InChI=1S/C25H26N6O4S/c1-16-21(26-23(35-16)8-11-36-2)15-34-22-13-18-14-31(24(32)6-5-19-4-3-10-33-19)9-7-17(18)12-20(22)25-27-29-30-28-25/h3-6,10,12-13H,7-9,11,14-15H2,1-2H3,(H,27,28,29,30)/b6-5+. The molecular formula is C25H26N6O4S. The lowest BCUT2D eigenvalue weighted by Crippen LogP contribution is -2.34. The number of aromatic amines is 1. The highest BCUT2D eigenvalue weighted by atomic mass is 32.2. The summed E-state index contributed by atoms with van der Waals surface area (Å²) in [6.07, 6.45) is 8.33. The summed E-state index contributed by atoms with van der Waals surface area (Å²) in [7, 11) is 0. The topological polar surface area (TPSA) is 123 Å². The van der Waals surface area contributed by atoms with Gasteiger partial charge in [0.2, 0.25) is 11.7 Å². The minimum atomic E-state index is -0.0715. The zero-order chi connectivity index (χ0) is 24.9. The number of rotatable bonds is 9. The van der Waals surface area contributed by atoms with E-state index in [0.717, 1.165) is 40.3 Å². The molecule has 1 N–H and O–H groups in total. The molecular weight excluding hydrogens is 480 g/mol. The van der Waals surface area contributed by atoms with Crippen LogP contribution in [0.15, 0.2) is 45.4 Å². The first-order valence-electron chi connectivity index (χ1n) is 11.6. The van der Waals surface area contributed by atoms with Crippen LogP contribution in [-0.2, 0) is 30.8 Å². The molecule has 1 aromatic carbocycles. The van der Waals surface area contributed by atoms with Crippen molar-refractivity contribution in [2.24, 2.45) is 0 Å². The summed E-state index contributed by atoms with van der Waals surface area (Å²) in [6.45, 7) is 3.21. The zero-order valence-electron chi connectivity index (χ0n) is 20.1. The number of H-pyrrole nitrogens is 1. The second kappa shape index (κ2) is 10.8. The van der Waals surface area contributed by atoms with E-state index in [1.807, 2.05) is 19.1 Å². The van der Waals surface area contributed by atoms with E-state index in [0.29, 0.717) is 42.7 Å². The molecule has 0 unspecified atom stereocenters. The number of carbonyl (C=O) groups excluding carboxylic acids is 1. The van der Waals surface area contributed by atoms with Crippen LogP contribution in [0.25, 0.3) is 17.5 Å². The molecule has 0 spiro atoms. The van der Waals surface area contributed by atoms with Crippen molar-refractivity contribution in [1.82, 2.24) is 30.5 Å². The first-order chi connectivity index (χ1) is 17.6. The van der Waals surface area contributed by atoms with Crippen molar-refractivity contribution in [2.45, 2.75) is 32.9 Å². The largest absolute Gasteiger partial charge is 0.486 e. The van der Waals surface area contributed by atoms with E-state index < -0.39 is 0 Å². The lowest BCUT2D eigenvalue weighted by atomic mass is 9.96.